The molecule has 2 aromatic carbocycles. The molecule has 2 rings (SSSR count). The van der Waals surface area contributed by atoms with E-state index in [2.05, 4.69) is 20.7 Å². The van der Waals surface area contributed by atoms with E-state index in [4.69, 9.17) is 0 Å². The number of rotatable bonds is 5. The van der Waals surface area contributed by atoms with Crippen molar-refractivity contribution in [3.05, 3.63) is 68.4 Å². The van der Waals surface area contributed by atoms with Gasteiger partial charge in [-0.1, -0.05) is 28.1 Å². The van der Waals surface area contributed by atoms with Crippen LogP contribution >= 0.6 is 15.9 Å². The molecule has 0 saturated heterocycles. The highest BCUT2D eigenvalue weighted by Crippen LogP contribution is 2.22. The molecule has 0 aliphatic heterocycles. The second-order valence-electron chi connectivity index (χ2n) is 4.41. The number of halogens is 2. The third-order valence-corrected chi connectivity index (χ3v) is 4.41. The van der Waals surface area contributed by atoms with E-state index in [9.17, 15) is 22.9 Å². The Kier molecular flexibility index (Phi) is 4.77. The topological polar surface area (TPSA) is 89.3 Å². The molecule has 0 heterocycles. The van der Waals surface area contributed by atoms with Crippen molar-refractivity contribution in [2.24, 2.45) is 0 Å². The van der Waals surface area contributed by atoms with E-state index in [0.717, 1.165) is 12.1 Å². The van der Waals surface area contributed by atoms with Crippen LogP contribution in [-0.2, 0) is 15.8 Å². The van der Waals surface area contributed by atoms with E-state index in [1.807, 2.05) is 0 Å². The summed E-state index contributed by atoms with van der Waals surface area (Å²) in [5.41, 5.74) is -0.157. The van der Waals surface area contributed by atoms with Crippen LogP contribution in [-0.4, -0.2) is 13.3 Å². The summed E-state index contributed by atoms with van der Waals surface area (Å²) < 4.78 is 40.3. The van der Waals surface area contributed by atoms with Crippen LogP contribution in [0, 0.1) is 15.9 Å². The van der Waals surface area contributed by atoms with E-state index in [1.165, 1.54) is 30.3 Å². The summed E-state index contributed by atoms with van der Waals surface area (Å²) in [6, 6.07) is 9.17. The molecule has 0 aliphatic rings. The zero-order chi connectivity index (χ0) is 16.3. The molecule has 2 aromatic rings. The summed E-state index contributed by atoms with van der Waals surface area (Å²) in [5, 5.41) is 10.7. The van der Waals surface area contributed by atoms with Gasteiger partial charge in [-0.15, -0.1) is 0 Å². The normalized spacial score (nSPS) is 11.2. The van der Waals surface area contributed by atoms with E-state index in [1.54, 1.807) is 0 Å². The summed E-state index contributed by atoms with van der Waals surface area (Å²) in [7, 11) is -3.89. The molecule has 0 aromatic heterocycles. The first-order chi connectivity index (χ1) is 10.3. The van der Waals surface area contributed by atoms with Gasteiger partial charge in [-0.05, 0) is 23.8 Å². The highest BCUT2D eigenvalue weighted by molar-refractivity contribution is 9.10. The van der Waals surface area contributed by atoms with Crippen LogP contribution in [0.1, 0.15) is 5.56 Å². The fourth-order valence-corrected chi connectivity index (χ4v) is 3.28. The quantitative estimate of drug-likeness (QED) is 0.627. The molecule has 0 atom stereocenters. The summed E-state index contributed by atoms with van der Waals surface area (Å²) >= 11 is 3.07. The Morgan fingerprint density at radius 2 is 1.95 bits per heavy atom. The third kappa shape index (κ3) is 4.25. The zero-order valence-electron chi connectivity index (χ0n) is 11.0. The van der Waals surface area contributed by atoms with Crippen molar-refractivity contribution in [2.45, 2.75) is 5.75 Å². The fourth-order valence-electron chi connectivity index (χ4n) is 1.76. The van der Waals surface area contributed by atoms with Gasteiger partial charge in [-0.25, -0.2) is 12.8 Å². The number of nitro groups is 1. The number of benzene rings is 2. The average molecular weight is 389 g/mol. The first-order valence-corrected chi connectivity index (χ1v) is 8.40. The van der Waals surface area contributed by atoms with Crippen molar-refractivity contribution in [1.29, 1.82) is 0 Å². The first kappa shape index (κ1) is 16.4. The van der Waals surface area contributed by atoms with Gasteiger partial charge < -0.3 is 0 Å². The van der Waals surface area contributed by atoms with Crippen molar-refractivity contribution in [3.63, 3.8) is 0 Å². The number of nitrogens with zero attached hydrogens (tertiary/aromatic N) is 1. The highest BCUT2D eigenvalue weighted by Gasteiger charge is 2.16. The lowest BCUT2D eigenvalue weighted by Gasteiger charge is -2.09. The Hall–Kier alpha value is -2.00. The molecule has 6 nitrogen and oxygen atoms in total. The van der Waals surface area contributed by atoms with E-state index in [-0.39, 0.29) is 16.9 Å². The molecule has 0 radical (unpaired) electrons. The van der Waals surface area contributed by atoms with Gasteiger partial charge >= 0.3 is 0 Å². The number of hydrogen-bond acceptors (Lipinski definition) is 4. The molecule has 0 unspecified atom stereocenters. The molecule has 0 amide bonds. The summed E-state index contributed by atoms with van der Waals surface area (Å²) in [6.45, 7) is 0. The molecule has 1 N–H and O–H groups in total. The third-order valence-electron chi connectivity index (χ3n) is 2.67. The molecule has 22 heavy (non-hydrogen) atoms. The van der Waals surface area contributed by atoms with Gasteiger partial charge in [0.2, 0.25) is 10.0 Å². The molecule has 0 aliphatic carbocycles. The van der Waals surface area contributed by atoms with Crippen molar-refractivity contribution in [3.8, 4) is 0 Å². The van der Waals surface area contributed by atoms with Crippen molar-refractivity contribution < 1.29 is 17.7 Å². The number of sulfonamides is 1. The van der Waals surface area contributed by atoms with Gasteiger partial charge in [0.1, 0.15) is 5.82 Å². The van der Waals surface area contributed by atoms with Gasteiger partial charge in [-0.2, -0.15) is 0 Å². The van der Waals surface area contributed by atoms with Crippen LogP contribution in [0.3, 0.4) is 0 Å². The smallest absolute Gasteiger partial charge is 0.269 e. The predicted octanol–water partition coefficient (Wildman–Crippen LogP) is 3.44. The Balaban J connectivity index is 2.21. The lowest BCUT2D eigenvalue weighted by atomic mass is 10.2. The van der Waals surface area contributed by atoms with Gasteiger partial charge in [0.15, 0.2) is 0 Å². The van der Waals surface area contributed by atoms with Gasteiger partial charge in [0, 0.05) is 16.6 Å². The van der Waals surface area contributed by atoms with Crippen molar-refractivity contribution >= 4 is 37.3 Å². The maximum Gasteiger partial charge on any atom is 0.269 e. The van der Waals surface area contributed by atoms with Crippen LogP contribution < -0.4 is 4.72 Å². The van der Waals surface area contributed by atoms with Gasteiger partial charge in [0.05, 0.1) is 16.4 Å². The number of anilines is 1. The maximum absolute atomic E-state index is 13.6. The Morgan fingerprint density at radius 3 is 2.59 bits per heavy atom. The first-order valence-electron chi connectivity index (χ1n) is 5.96. The monoisotopic (exact) mass is 388 g/mol. The van der Waals surface area contributed by atoms with Crippen LogP contribution in [0.4, 0.5) is 15.8 Å². The minimum Gasteiger partial charge on any atom is -0.280 e. The minimum atomic E-state index is -3.89. The second kappa shape index (κ2) is 6.41. The van der Waals surface area contributed by atoms with Crippen LogP contribution in [0.2, 0.25) is 0 Å². The molecule has 0 fully saturated rings. The SMILES string of the molecule is O=[N+]([O-])c1cccc(CS(=O)(=O)Nc2ccc(Br)cc2F)c1. The fraction of sp³-hybridized carbons (Fsp3) is 0.0769. The second-order valence-corrected chi connectivity index (χ2v) is 7.05. The lowest BCUT2D eigenvalue weighted by molar-refractivity contribution is -0.384. The molecule has 9 heteroatoms. The van der Waals surface area contributed by atoms with Crippen LogP contribution in [0.5, 0.6) is 0 Å². The van der Waals surface area contributed by atoms with Crippen LogP contribution in [0.15, 0.2) is 46.9 Å². The summed E-state index contributed by atoms with van der Waals surface area (Å²) in [5.74, 6) is -1.22. The Morgan fingerprint density at radius 1 is 1.23 bits per heavy atom. The Labute approximate surface area is 134 Å². The molecule has 0 spiro atoms. The Bertz CT molecular complexity index is 827. The summed E-state index contributed by atoms with van der Waals surface area (Å²) in [6.07, 6.45) is 0. The minimum absolute atomic E-state index is 0.186. The molecule has 0 saturated carbocycles. The predicted molar refractivity (Wildman–Crippen MR) is 83.4 cm³/mol. The van der Waals surface area contributed by atoms with E-state index in [0.29, 0.717) is 4.47 Å². The van der Waals surface area contributed by atoms with Crippen molar-refractivity contribution in [1.82, 2.24) is 0 Å². The van der Waals surface area contributed by atoms with Crippen LogP contribution in [0.25, 0.3) is 0 Å². The standard InChI is InChI=1S/C13H10BrFN2O4S/c14-10-4-5-13(12(15)7-10)16-22(20,21)8-9-2-1-3-11(6-9)17(18)19/h1-7,16H,8H2. The molecule has 0 bridgehead atoms. The zero-order valence-corrected chi connectivity index (χ0v) is 13.4. The van der Waals surface area contributed by atoms with Crippen molar-refractivity contribution in [2.75, 3.05) is 4.72 Å². The molecule has 116 valence electrons. The van der Waals surface area contributed by atoms with Gasteiger partial charge in [-0.3, -0.25) is 14.8 Å². The maximum atomic E-state index is 13.6. The summed E-state index contributed by atoms with van der Waals surface area (Å²) in [4.78, 5) is 10.1. The average Bonchev–Trinajstić information content (AvgIpc) is 2.41. The van der Waals surface area contributed by atoms with E-state index < -0.39 is 26.5 Å². The van der Waals surface area contributed by atoms with Gasteiger partial charge in [0.25, 0.3) is 5.69 Å². The number of nitrogens with one attached hydrogen (secondary N) is 1. The molecular weight excluding hydrogens is 379 g/mol. The number of nitro benzene ring substituents is 1. The highest BCUT2D eigenvalue weighted by atomic mass is 79.9. The number of hydrogen-bond donors (Lipinski definition) is 1. The largest absolute Gasteiger partial charge is 0.280 e. The van der Waals surface area contributed by atoms with E-state index >= 15 is 0 Å². The molecular formula is C13H10BrFN2O4S. The lowest BCUT2D eigenvalue weighted by Crippen LogP contribution is -2.16. The number of non-ortho nitro benzene ring substituents is 1.